The molecule has 4 N–H and O–H groups in total. The summed E-state index contributed by atoms with van der Waals surface area (Å²) in [5, 5.41) is 21.9. The van der Waals surface area contributed by atoms with Crippen molar-refractivity contribution in [3.8, 4) is 16.9 Å². The first-order chi connectivity index (χ1) is 7.22. The zero-order valence-corrected chi connectivity index (χ0v) is 7.84. The van der Waals surface area contributed by atoms with Gasteiger partial charge in [0, 0.05) is 5.56 Å². The molecule has 1 aromatic heterocycles. The highest BCUT2D eigenvalue weighted by Crippen LogP contribution is 2.29. The summed E-state index contributed by atoms with van der Waals surface area (Å²) in [7, 11) is 0. The molecule has 1 heterocycles. The van der Waals surface area contributed by atoms with Crippen LogP contribution in [0.15, 0.2) is 28.9 Å². The fourth-order valence-corrected chi connectivity index (χ4v) is 1.33. The topological polar surface area (TPSA) is 92.5 Å². The van der Waals surface area contributed by atoms with Crippen molar-refractivity contribution in [3.63, 3.8) is 0 Å². The largest absolute Gasteiger partial charge is 0.508 e. The zero-order valence-electron chi connectivity index (χ0n) is 7.84. The Labute approximate surface area is 85.7 Å². The fourth-order valence-electron chi connectivity index (χ4n) is 1.33. The van der Waals surface area contributed by atoms with Gasteiger partial charge in [-0.2, -0.15) is 0 Å². The molecule has 0 fully saturated rings. The second-order valence-electron chi connectivity index (χ2n) is 3.11. The lowest BCUT2D eigenvalue weighted by atomic mass is 10.1. The first kappa shape index (κ1) is 9.54. The van der Waals surface area contributed by atoms with Crippen LogP contribution in [-0.2, 0) is 6.61 Å². The van der Waals surface area contributed by atoms with Gasteiger partial charge in [-0.3, -0.25) is 0 Å². The maximum absolute atomic E-state index is 9.53. The molecule has 0 aliphatic rings. The van der Waals surface area contributed by atoms with E-state index in [-0.39, 0.29) is 18.2 Å². The highest BCUT2D eigenvalue weighted by Gasteiger charge is 2.09. The number of phenols is 1. The molecule has 78 valence electrons. The number of anilines is 1. The predicted octanol–water partition coefficient (Wildman–Crippen LogP) is 1.12. The van der Waals surface area contributed by atoms with Crippen LogP contribution in [0.3, 0.4) is 0 Å². The standard InChI is InChI=1S/C10H10N2O3/c11-10-8(4-12-15-10)6-1-2-7(5-13)9(14)3-6/h1-4,13-14H,5,11H2. The Morgan fingerprint density at radius 3 is 2.73 bits per heavy atom. The molecule has 0 spiro atoms. The Bertz CT molecular complexity index is 479. The van der Waals surface area contributed by atoms with Crippen molar-refractivity contribution in [2.24, 2.45) is 0 Å². The molecular weight excluding hydrogens is 196 g/mol. The molecule has 0 amide bonds. The number of hydrogen-bond donors (Lipinski definition) is 3. The Hall–Kier alpha value is -2.01. The molecule has 0 aliphatic heterocycles. The Kier molecular flexibility index (Phi) is 2.31. The maximum atomic E-state index is 9.53. The number of nitrogens with zero attached hydrogens (tertiary/aromatic N) is 1. The van der Waals surface area contributed by atoms with E-state index in [0.29, 0.717) is 16.7 Å². The van der Waals surface area contributed by atoms with Gasteiger partial charge in [0.1, 0.15) is 5.75 Å². The van der Waals surface area contributed by atoms with Crippen LogP contribution in [0.25, 0.3) is 11.1 Å². The van der Waals surface area contributed by atoms with Gasteiger partial charge in [-0.15, -0.1) is 0 Å². The van der Waals surface area contributed by atoms with Crippen LogP contribution < -0.4 is 5.73 Å². The Morgan fingerprint density at radius 2 is 2.20 bits per heavy atom. The minimum atomic E-state index is -0.203. The molecule has 0 bridgehead atoms. The van der Waals surface area contributed by atoms with Crippen molar-refractivity contribution in [1.29, 1.82) is 0 Å². The molecule has 0 saturated heterocycles. The van der Waals surface area contributed by atoms with Gasteiger partial charge in [-0.25, -0.2) is 0 Å². The van der Waals surface area contributed by atoms with Gasteiger partial charge >= 0.3 is 0 Å². The summed E-state index contributed by atoms with van der Waals surface area (Å²) >= 11 is 0. The number of aliphatic hydroxyl groups excluding tert-OH is 1. The van der Waals surface area contributed by atoms with Crippen LogP contribution in [0.1, 0.15) is 5.56 Å². The summed E-state index contributed by atoms with van der Waals surface area (Å²) in [5.41, 5.74) is 7.32. The SMILES string of the molecule is Nc1oncc1-c1ccc(CO)c(O)c1. The van der Waals surface area contributed by atoms with Gasteiger partial charge in [-0.05, 0) is 11.6 Å². The number of aliphatic hydroxyl groups is 1. The average Bonchev–Trinajstić information content (AvgIpc) is 2.64. The number of aromatic nitrogens is 1. The lowest BCUT2D eigenvalue weighted by Crippen LogP contribution is -1.87. The number of rotatable bonds is 2. The van der Waals surface area contributed by atoms with Gasteiger partial charge in [0.15, 0.2) is 0 Å². The Balaban J connectivity index is 2.47. The summed E-state index contributed by atoms with van der Waals surface area (Å²) in [6.07, 6.45) is 1.47. The van der Waals surface area contributed by atoms with E-state index in [9.17, 15) is 5.11 Å². The molecule has 2 aromatic rings. The van der Waals surface area contributed by atoms with Crippen LogP contribution in [0.4, 0.5) is 5.88 Å². The predicted molar refractivity (Wildman–Crippen MR) is 53.9 cm³/mol. The molecule has 0 unspecified atom stereocenters. The lowest BCUT2D eigenvalue weighted by Gasteiger charge is -2.03. The second-order valence-corrected chi connectivity index (χ2v) is 3.11. The minimum absolute atomic E-state index is 0.0237. The van der Waals surface area contributed by atoms with Crippen molar-refractivity contribution in [3.05, 3.63) is 30.0 Å². The molecule has 1 aromatic carbocycles. The quantitative estimate of drug-likeness (QED) is 0.684. The molecule has 0 radical (unpaired) electrons. The van der Waals surface area contributed by atoms with E-state index in [2.05, 4.69) is 5.16 Å². The first-order valence-corrected chi connectivity index (χ1v) is 4.35. The maximum Gasteiger partial charge on any atom is 0.229 e. The molecule has 5 heteroatoms. The van der Waals surface area contributed by atoms with Crippen molar-refractivity contribution in [2.75, 3.05) is 5.73 Å². The molecule has 2 rings (SSSR count). The average molecular weight is 206 g/mol. The van der Waals surface area contributed by atoms with E-state index in [1.165, 1.54) is 12.3 Å². The van der Waals surface area contributed by atoms with Gasteiger partial charge in [0.05, 0.1) is 18.4 Å². The number of benzene rings is 1. The van der Waals surface area contributed by atoms with Crippen LogP contribution in [0, 0.1) is 0 Å². The van der Waals surface area contributed by atoms with Gasteiger partial charge in [0.25, 0.3) is 0 Å². The van der Waals surface area contributed by atoms with Crippen molar-refractivity contribution in [2.45, 2.75) is 6.61 Å². The molecule has 0 atom stereocenters. The van der Waals surface area contributed by atoms with E-state index < -0.39 is 0 Å². The highest BCUT2D eigenvalue weighted by atomic mass is 16.5. The van der Waals surface area contributed by atoms with Crippen molar-refractivity contribution in [1.82, 2.24) is 5.16 Å². The number of hydrogen-bond acceptors (Lipinski definition) is 5. The van der Waals surface area contributed by atoms with Crippen LogP contribution in [0.5, 0.6) is 5.75 Å². The summed E-state index contributed by atoms with van der Waals surface area (Å²) in [6.45, 7) is -0.203. The molecule has 15 heavy (non-hydrogen) atoms. The van der Waals surface area contributed by atoms with E-state index in [1.807, 2.05) is 0 Å². The lowest BCUT2D eigenvalue weighted by molar-refractivity contribution is 0.275. The zero-order chi connectivity index (χ0) is 10.8. The third-order valence-corrected chi connectivity index (χ3v) is 2.16. The van der Waals surface area contributed by atoms with Crippen LogP contribution >= 0.6 is 0 Å². The van der Waals surface area contributed by atoms with E-state index in [4.69, 9.17) is 15.4 Å². The van der Waals surface area contributed by atoms with E-state index >= 15 is 0 Å². The number of nitrogen functional groups attached to an aromatic ring is 1. The smallest absolute Gasteiger partial charge is 0.229 e. The molecular formula is C10H10N2O3. The third-order valence-electron chi connectivity index (χ3n) is 2.16. The Morgan fingerprint density at radius 1 is 1.40 bits per heavy atom. The first-order valence-electron chi connectivity index (χ1n) is 4.35. The summed E-state index contributed by atoms with van der Waals surface area (Å²) in [5.74, 6) is 0.224. The normalized spacial score (nSPS) is 10.5. The highest BCUT2D eigenvalue weighted by molar-refractivity contribution is 5.73. The fraction of sp³-hybridized carbons (Fsp3) is 0.100. The third kappa shape index (κ3) is 1.64. The minimum Gasteiger partial charge on any atom is -0.508 e. The van der Waals surface area contributed by atoms with Crippen LogP contribution in [0.2, 0.25) is 0 Å². The van der Waals surface area contributed by atoms with Crippen LogP contribution in [-0.4, -0.2) is 15.4 Å². The summed E-state index contributed by atoms with van der Waals surface area (Å²) in [4.78, 5) is 0. The molecule has 0 saturated carbocycles. The molecule has 0 aliphatic carbocycles. The summed E-state index contributed by atoms with van der Waals surface area (Å²) in [6, 6.07) is 4.86. The number of nitrogens with two attached hydrogens (primary N) is 1. The monoisotopic (exact) mass is 206 g/mol. The van der Waals surface area contributed by atoms with Gasteiger partial charge < -0.3 is 20.5 Å². The van der Waals surface area contributed by atoms with E-state index in [1.54, 1.807) is 12.1 Å². The second kappa shape index (κ2) is 3.62. The van der Waals surface area contributed by atoms with Gasteiger partial charge in [-0.1, -0.05) is 17.3 Å². The summed E-state index contributed by atoms with van der Waals surface area (Å²) < 4.78 is 4.71. The van der Waals surface area contributed by atoms with Crippen molar-refractivity contribution < 1.29 is 14.7 Å². The van der Waals surface area contributed by atoms with Crippen molar-refractivity contribution >= 4 is 5.88 Å². The number of aromatic hydroxyl groups is 1. The van der Waals surface area contributed by atoms with E-state index in [0.717, 1.165) is 0 Å². The van der Waals surface area contributed by atoms with Gasteiger partial charge in [0.2, 0.25) is 5.88 Å². The molecule has 5 nitrogen and oxygen atoms in total.